The minimum Gasteiger partial charge on any atom is -0.481 e. The molecule has 0 heterocycles. The van der Waals surface area contributed by atoms with Crippen LogP contribution >= 0.6 is 0 Å². The maximum atomic E-state index is 12.1. The Bertz CT molecular complexity index is 429. The van der Waals surface area contributed by atoms with Gasteiger partial charge in [-0.25, -0.2) is 0 Å². The molecule has 0 aliphatic heterocycles. The normalized spacial score (nSPS) is 13.1. The Morgan fingerprint density at radius 2 is 2.11 bits per heavy atom. The Morgan fingerprint density at radius 1 is 1.42 bits per heavy atom. The first kappa shape index (κ1) is 15.3. The average molecular weight is 276 g/mol. The fourth-order valence-corrected chi connectivity index (χ4v) is 1.77. The molecule has 1 atom stereocenters. The highest BCUT2D eigenvalue weighted by Crippen LogP contribution is 2.28. The maximum absolute atomic E-state index is 12.1. The second kappa shape index (κ2) is 6.45. The van der Waals surface area contributed by atoms with Gasteiger partial charge in [0.05, 0.1) is 5.92 Å². The molecule has 0 saturated carbocycles. The summed E-state index contributed by atoms with van der Waals surface area (Å²) in [6.07, 6.45) is -2.87. The number of rotatable bonds is 6. The van der Waals surface area contributed by atoms with E-state index in [4.69, 9.17) is 5.11 Å². The molecule has 0 aliphatic carbocycles. The maximum Gasteiger partial charge on any atom is 0.573 e. The van der Waals surface area contributed by atoms with Gasteiger partial charge in [-0.1, -0.05) is 31.9 Å². The second-order valence-electron chi connectivity index (χ2n) is 4.15. The van der Waals surface area contributed by atoms with Crippen LogP contribution in [0.3, 0.4) is 0 Å². The van der Waals surface area contributed by atoms with E-state index in [1.54, 1.807) is 0 Å². The van der Waals surface area contributed by atoms with E-state index in [2.05, 4.69) is 4.74 Å². The van der Waals surface area contributed by atoms with Gasteiger partial charge in [0.1, 0.15) is 5.75 Å². The quantitative estimate of drug-likeness (QED) is 0.855. The summed E-state index contributed by atoms with van der Waals surface area (Å²) in [6.45, 7) is 1.92. The number of alkyl halides is 3. The number of carboxylic acid groups (broad SMARTS) is 1. The molecular formula is C13H15F3O3. The van der Waals surface area contributed by atoms with Crippen LogP contribution in [-0.2, 0) is 4.79 Å². The molecule has 106 valence electrons. The minimum absolute atomic E-state index is 0.322. The zero-order valence-corrected chi connectivity index (χ0v) is 10.4. The van der Waals surface area contributed by atoms with Crippen LogP contribution in [0, 0.1) is 0 Å². The Balaban J connectivity index is 2.91. The highest BCUT2D eigenvalue weighted by atomic mass is 19.4. The van der Waals surface area contributed by atoms with Crippen LogP contribution in [0.1, 0.15) is 37.7 Å². The van der Waals surface area contributed by atoms with E-state index in [9.17, 15) is 18.0 Å². The summed E-state index contributed by atoms with van der Waals surface area (Å²) in [4.78, 5) is 11.1. The monoisotopic (exact) mass is 276 g/mol. The third kappa shape index (κ3) is 5.19. The molecule has 0 aliphatic rings. The predicted octanol–water partition coefficient (Wildman–Crippen LogP) is 3.94. The van der Waals surface area contributed by atoms with Crippen molar-refractivity contribution in [1.29, 1.82) is 0 Å². The van der Waals surface area contributed by atoms with Crippen LogP contribution in [0.2, 0.25) is 0 Å². The first-order valence-corrected chi connectivity index (χ1v) is 5.92. The van der Waals surface area contributed by atoms with E-state index < -0.39 is 24.0 Å². The number of benzene rings is 1. The molecule has 0 radical (unpaired) electrons. The molecule has 19 heavy (non-hydrogen) atoms. The van der Waals surface area contributed by atoms with Gasteiger partial charge < -0.3 is 9.84 Å². The lowest BCUT2D eigenvalue weighted by molar-refractivity contribution is -0.274. The van der Waals surface area contributed by atoms with Crippen molar-refractivity contribution in [3.63, 3.8) is 0 Å². The van der Waals surface area contributed by atoms with Crippen molar-refractivity contribution in [2.24, 2.45) is 0 Å². The smallest absolute Gasteiger partial charge is 0.481 e. The number of unbranched alkanes of at least 4 members (excludes halogenated alkanes) is 1. The van der Waals surface area contributed by atoms with Gasteiger partial charge in [0.15, 0.2) is 0 Å². The van der Waals surface area contributed by atoms with Crippen LogP contribution in [0.4, 0.5) is 13.2 Å². The first-order chi connectivity index (χ1) is 8.83. The number of carbonyl (C=O) groups is 1. The summed E-state index contributed by atoms with van der Waals surface area (Å²) in [7, 11) is 0. The largest absolute Gasteiger partial charge is 0.573 e. The summed E-state index contributed by atoms with van der Waals surface area (Å²) < 4.78 is 40.1. The Kier molecular flexibility index (Phi) is 5.20. The fourth-order valence-electron chi connectivity index (χ4n) is 1.77. The van der Waals surface area contributed by atoms with Crippen LogP contribution in [0.5, 0.6) is 5.75 Å². The summed E-state index contributed by atoms with van der Waals surface area (Å²) in [5.74, 6) is -2.25. The molecule has 3 nitrogen and oxygen atoms in total. The topological polar surface area (TPSA) is 46.5 Å². The van der Waals surface area contributed by atoms with Gasteiger partial charge >= 0.3 is 12.3 Å². The molecule has 0 bridgehead atoms. The lowest BCUT2D eigenvalue weighted by atomic mass is 9.93. The third-order valence-electron chi connectivity index (χ3n) is 2.64. The second-order valence-corrected chi connectivity index (χ2v) is 4.15. The summed E-state index contributed by atoms with van der Waals surface area (Å²) >= 11 is 0. The minimum atomic E-state index is -4.78. The first-order valence-electron chi connectivity index (χ1n) is 5.92. The van der Waals surface area contributed by atoms with E-state index in [1.165, 1.54) is 12.1 Å². The van der Waals surface area contributed by atoms with Crippen LogP contribution in [0.15, 0.2) is 24.3 Å². The van der Waals surface area contributed by atoms with Gasteiger partial charge in [-0.05, 0) is 24.1 Å². The number of carboxylic acids is 1. The standard InChI is InChI=1S/C13H15F3O3/c1-2-3-7-11(12(17)18)9-5-4-6-10(8-9)19-13(14,15)16/h4-6,8,11H,2-3,7H2,1H3,(H,17,18). The highest BCUT2D eigenvalue weighted by molar-refractivity contribution is 5.76. The van der Waals surface area contributed by atoms with Crippen molar-refractivity contribution in [3.8, 4) is 5.75 Å². The summed E-state index contributed by atoms with van der Waals surface area (Å²) in [6, 6.07) is 5.13. The van der Waals surface area contributed by atoms with Crippen molar-refractivity contribution in [2.75, 3.05) is 0 Å². The highest BCUT2D eigenvalue weighted by Gasteiger charge is 2.31. The number of hydrogen-bond acceptors (Lipinski definition) is 2. The Labute approximate surface area is 109 Å². The SMILES string of the molecule is CCCCC(C(=O)O)c1cccc(OC(F)(F)F)c1. The van der Waals surface area contributed by atoms with Gasteiger partial charge in [-0.2, -0.15) is 0 Å². The van der Waals surface area contributed by atoms with Crippen molar-refractivity contribution >= 4 is 5.97 Å². The number of ether oxygens (including phenoxy) is 1. The van der Waals surface area contributed by atoms with Gasteiger partial charge in [-0.15, -0.1) is 13.2 Å². The molecule has 1 unspecified atom stereocenters. The fraction of sp³-hybridized carbons (Fsp3) is 0.462. The summed E-state index contributed by atoms with van der Waals surface area (Å²) in [5.41, 5.74) is 0.322. The molecule has 0 fully saturated rings. The van der Waals surface area contributed by atoms with Crippen molar-refractivity contribution in [2.45, 2.75) is 38.5 Å². The van der Waals surface area contributed by atoms with Crippen molar-refractivity contribution in [3.05, 3.63) is 29.8 Å². The predicted molar refractivity (Wildman–Crippen MR) is 63.0 cm³/mol. The van der Waals surface area contributed by atoms with Crippen molar-refractivity contribution in [1.82, 2.24) is 0 Å². The van der Waals surface area contributed by atoms with Gasteiger partial charge in [0.25, 0.3) is 0 Å². The van der Waals surface area contributed by atoms with Crippen molar-refractivity contribution < 1.29 is 27.8 Å². The van der Waals surface area contributed by atoms with E-state index >= 15 is 0 Å². The van der Waals surface area contributed by atoms with Crippen LogP contribution in [-0.4, -0.2) is 17.4 Å². The molecule has 0 amide bonds. The van der Waals surface area contributed by atoms with Gasteiger partial charge in [0.2, 0.25) is 0 Å². The molecule has 1 aromatic carbocycles. The van der Waals surface area contributed by atoms with Crippen LogP contribution < -0.4 is 4.74 Å². The third-order valence-corrected chi connectivity index (χ3v) is 2.64. The molecule has 6 heteroatoms. The van der Waals surface area contributed by atoms with E-state index in [0.717, 1.165) is 18.6 Å². The summed E-state index contributed by atoms with van der Waals surface area (Å²) in [5, 5.41) is 9.11. The average Bonchev–Trinajstić information content (AvgIpc) is 2.27. The molecule has 0 spiro atoms. The molecule has 0 saturated heterocycles. The number of aliphatic carboxylic acids is 1. The number of halogens is 3. The molecule has 1 aromatic rings. The van der Waals surface area contributed by atoms with E-state index in [0.29, 0.717) is 18.4 Å². The molecule has 1 N–H and O–H groups in total. The Morgan fingerprint density at radius 3 is 2.63 bits per heavy atom. The van der Waals surface area contributed by atoms with E-state index in [1.807, 2.05) is 6.92 Å². The molecule has 0 aromatic heterocycles. The molecule has 1 rings (SSSR count). The van der Waals surface area contributed by atoms with E-state index in [-0.39, 0.29) is 0 Å². The lowest BCUT2D eigenvalue weighted by Gasteiger charge is -2.14. The van der Waals surface area contributed by atoms with Gasteiger partial charge in [-0.3, -0.25) is 4.79 Å². The zero-order valence-electron chi connectivity index (χ0n) is 10.4. The van der Waals surface area contributed by atoms with Crippen LogP contribution in [0.25, 0.3) is 0 Å². The number of hydrogen-bond donors (Lipinski definition) is 1. The lowest BCUT2D eigenvalue weighted by Crippen LogP contribution is -2.17. The van der Waals surface area contributed by atoms with Gasteiger partial charge in [0, 0.05) is 0 Å². The molecular weight excluding hydrogens is 261 g/mol. The zero-order chi connectivity index (χ0) is 14.5. The Hall–Kier alpha value is -1.72.